The molecular formula is C16H22S. The standard InChI is InChI=1S/C16H22S/c1-11(2)8-13-6-5-7-16-15(13)10-14(17-16)9-12(3)4/h5-7,10-12H,8-9H2,1-4H3. The van der Waals surface area contributed by atoms with Gasteiger partial charge in [0.1, 0.15) is 0 Å². The zero-order valence-electron chi connectivity index (χ0n) is 11.3. The lowest BCUT2D eigenvalue weighted by molar-refractivity contribution is 0.649. The number of thiophene rings is 1. The molecule has 0 N–H and O–H groups in total. The predicted molar refractivity (Wildman–Crippen MR) is 78.9 cm³/mol. The number of benzene rings is 1. The Morgan fingerprint density at radius 1 is 1.00 bits per heavy atom. The maximum atomic E-state index is 2.41. The van der Waals surface area contributed by atoms with Crippen LogP contribution in [0.3, 0.4) is 0 Å². The molecule has 0 saturated heterocycles. The molecular weight excluding hydrogens is 224 g/mol. The van der Waals surface area contributed by atoms with E-state index in [1.54, 1.807) is 0 Å². The molecule has 1 heterocycles. The highest BCUT2D eigenvalue weighted by Gasteiger charge is 2.08. The summed E-state index contributed by atoms with van der Waals surface area (Å²) in [5, 5.41) is 1.49. The van der Waals surface area contributed by atoms with E-state index in [2.05, 4.69) is 52.0 Å². The van der Waals surface area contributed by atoms with Gasteiger partial charge in [-0.2, -0.15) is 0 Å². The van der Waals surface area contributed by atoms with Gasteiger partial charge in [-0.15, -0.1) is 11.3 Å². The van der Waals surface area contributed by atoms with Gasteiger partial charge in [0.2, 0.25) is 0 Å². The molecule has 0 atom stereocenters. The second kappa shape index (κ2) is 5.22. The Morgan fingerprint density at radius 3 is 2.35 bits per heavy atom. The van der Waals surface area contributed by atoms with Gasteiger partial charge in [0.15, 0.2) is 0 Å². The summed E-state index contributed by atoms with van der Waals surface area (Å²) in [4.78, 5) is 1.53. The molecule has 0 aliphatic rings. The molecule has 0 bridgehead atoms. The first-order chi connectivity index (χ1) is 8.06. The third-order valence-corrected chi connectivity index (χ3v) is 4.06. The van der Waals surface area contributed by atoms with Gasteiger partial charge in [0, 0.05) is 9.58 Å². The molecule has 17 heavy (non-hydrogen) atoms. The Hall–Kier alpha value is -0.820. The second-order valence-electron chi connectivity index (χ2n) is 5.74. The van der Waals surface area contributed by atoms with E-state index in [9.17, 15) is 0 Å². The smallest absolute Gasteiger partial charge is 0.0348 e. The Labute approximate surface area is 109 Å². The minimum Gasteiger partial charge on any atom is -0.140 e. The zero-order valence-corrected chi connectivity index (χ0v) is 12.1. The maximum Gasteiger partial charge on any atom is 0.0348 e. The first-order valence-corrected chi connectivity index (χ1v) is 7.38. The van der Waals surface area contributed by atoms with Crippen LogP contribution in [-0.2, 0) is 12.8 Å². The molecule has 1 aromatic heterocycles. The predicted octanol–water partition coefficient (Wildman–Crippen LogP) is 5.30. The molecule has 0 nitrogen and oxygen atoms in total. The Balaban J connectivity index is 2.38. The fourth-order valence-corrected chi connectivity index (χ4v) is 3.62. The minimum absolute atomic E-state index is 0.731. The molecule has 0 spiro atoms. The third kappa shape index (κ3) is 3.10. The summed E-state index contributed by atoms with van der Waals surface area (Å²) in [5.41, 5.74) is 1.52. The molecule has 0 aliphatic carbocycles. The third-order valence-electron chi connectivity index (χ3n) is 2.94. The van der Waals surface area contributed by atoms with Crippen molar-refractivity contribution in [2.45, 2.75) is 40.5 Å². The Morgan fingerprint density at radius 2 is 1.71 bits per heavy atom. The highest BCUT2D eigenvalue weighted by molar-refractivity contribution is 7.19. The monoisotopic (exact) mass is 246 g/mol. The fraction of sp³-hybridized carbons (Fsp3) is 0.500. The normalized spacial score (nSPS) is 11.9. The van der Waals surface area contributed by atoms with Crippen molar-refractivity contribution in [2.75, 3.05) is 0 Å². The van der Waals surface area contributed by atoms with Crippen molar-refractivity contribution < 1.29 is 0 Å². The lowest BCUT2D eigenvalue weighted by Gasteiger charge is -2.05. The lowest BCUT2D eigenvalue weighted by atomic mass is 9.99. The van der Waals surface area contributed by atoms with Gasteiger partial charge in [0.05, 0.1) is 0 Å². The van der Waals surface area contributed by atoms with E-state index in [1.165, 1.54) is 33.4 Å². The fourth-order valence-electron chi connectivity index (χ4n) is 2.29. The van der Waals surface area contributed by atoms with Crippen molar-refractivity contribution in [3.05, 3.63) is 34.7 Å². The van der Waals surface area contributed by atoms with Gasteiger partial charge >= 0.3 is 0 Å². The van der Waals surface area contributed by atoms with Gasteiger partial charge < -0.3 is 0 Å². The second-order valence-corrected chi connectivity index (χ2v) is 6.91. The van der Waals surface area contributed by atoms with Gasteiger partial charge in [-0.05, 0) is 47.8 Å². The number of hydrogen-bond donors (Lipinski definition) is 0. The first kappa shape index (κ1) is 12.6. The first-order valence-electron chi connectivity index (χ1n) is 6.56. The minimum atomic E-state index is 0.731. The highest BCUT2D eigenvalue weighted by Crippen LogP contribution is 2.30. The van der Waals surface area contributed by atoms with Gasteiger partial charge in [-0.1, -0.05) is 39.8 Å². The summed E-state index contributed by atoms with van der Waals surface area (Å²) in [6, 6.07) is 9.16. The van der Waals surface area contributed by atoms with E-state index in [1.807, 2.05) is 11.3 Å². The molecule has 1 heteroatoms. The molecule has 92 valence electrons. The van der Waals surface area contributed by atoms with Crippen LogP contribution in [0.5, 0.6) is 0 Å². The van der Waals surface area contributed by atoms with Crippen molar-refractivity contribution in [2.24, 2.45) is 11.8 Å². The van der Waals surface area contributed by atoms with Crippen LogP contribution < -0.4 is 0 Å². The van der Waals surface area contributed by atoms with E-state index >= 15 is 0 Å². The van der Waals surface area contributed by atoms with Crippen LogP contribution in [0.15, 0.2) is 24.3 Å². The number of fused-ring (bicyclic) bond motifs is 1. The SMILES string of the molecule is CC(C)Cc1cc2c(CC(C)C)cccc2s1. The summed E-state index contributed by atoms with van der Waals surface area (Å²) in [6.45, 7) is 9.17. The quantitative estimate of drug-likeness (QED) is 0.687. The molecule has 0 aliphatic heterocycles. The van der Waals surface area contributed by atoms with Crippen LogP contribution in [0.1, 0.15) is 38.1 Å². The molecule has 0 unspecified atom stereocenters. The van der Waals surface area contributed by atoms with Crippen LogP contribution in [0, 0.1) is 11.8 Å². The molecule has 0 radical (unpaired) electrons. The highest BCUT2D eigenvalue weighted by atomic mass is 32.1. The van der Waals surface area contributed by atoms with E-state index in [0.717, 1.165) is 11.8 Å². The van der Waals surface area contributed by atoms with E-state index in [4.69, 9.17) is 0 Å². The van der Waals surface area contributed by atoms with Crippen molar-refractivity contribution in [1.29, 1.82) is 0 Å². The molecule has 2 aromatic rings. The lowest BCUT2D eigenvalue weighted by Crippen LogP contribution is -1.94. The number of rotatable bonds is 4. The van der Waals surface area contributed by atoms with Crippen LogP contribution in [0.4, 0.5) is 0 Å². The Kier molecular flexibility index (Phi) is 3.88. The summed E-state index contributed by atoms with van der Waals surface area (Å²) in [6.07, 6.45) is 2.40. The van der Waals surface area contributed by atoms with Crippen molar-refractivity contribution in [1.82, 2.24) is 0 Å². The average molecular weight is 246 g/mol. The van der Waals surface area contributed by atoms with Gasteiger partial charge in [-0.3, -0.25) is 0 Å². The van der Waals surface area contributed by atoms with Crippen LogP contribution >= 0.6 is 11.3 Å². The van der Waals surface area contributed by atoms with E-state index in [-0.39, 0.29) is 0 Å². The molecule has 1 aromatic carbocycles. The maximum absolute atomic E-state index is 2.41. The summed E-state index contributed by atoms with van der Waals surface area (Å²) < 4.78 is 1.46. The van der Waals surface area contributed by atoms with Gasteiger partial charge in [0.25, 0.3) is 0 Å². The van der Waals surface area contributed by atoms with Crippen molar-refractivity contribution in [3.8, 4) is 0 Å². The summed E-state index contributed by atoms with van der Waals surface area (Å²) >= 11 is 1.97. The van der Waals surface area contributed by atoms with Crippen LogP contribution in [-0.4, -0.2) is 0 Å². The van der Waals surface area contributed by atoms with Crippen LogP contribution in [0.2, 0.25) is 0 Å². The molecule has 0 amide bonds. The van der Waals surface area contributed by atoms with Crippen molar-refractivity contribution in [3.63, 3.8) is 0 Å². The topological polar surface area (TPSA) is 0 Å². The van der Waals surface area contributed by atoms with E-state index in [0.29, 0.717) is 0 Å². The molecule has 2 rings (SSSR count). The molecule has 0 saturated carbocycles. The average Bonchev–Trinajstić information content (AvgIpc) is 2.59. The largest absolute Gasteiger partial charge is 0.140 e. The van der Waals surface area contributed by atoms with Crippen LogP contribution in [0.25, 0.3) is 10.1 Å². The molecule has 0 fully saturated rings. The number of hydrogen-bond acceptors (Lipinski definition) is 1. The zero-order chi connectivity index (χ0) is 12.4. The van der Waals surface area contributed by atoms with E-state index < -0.39 is 0 Å². The summed E-state index contributed by atoms with van der Waals surface area (Å²) in [5.74, 6) is 1.48. The Bertz CT molecular complexity index is 491. The van der Waals surface area contributed by atoms with Crippen molar-refractivity contribution >= 4 is 21.4 Å². The summed E-state index contributed by atoms with van der Waals surface area (Å²) in [7, 11) is 0. The van der Waals surface area contributed by atoms with Gasteiger partial charge in [-0.25, -0.2) is 0 Å².